The van der Waals surface area contributed by atoms with Gasteiger partial charge in [-0.3, -0.25) is 15.1 Å². The van der Waals surface area contributed by atoms with E-state index in [2.05, 4.69) is 4.99 Å². The summed E-state index contributed by atoms with van der Waals surface area (Å²) in [5, 5.41) is 22.4. The van der Waals surface area contributed by atoms with Gasteiger partial charge in [0.15, 0.2) is 0 Å². The fourth-order valence-electron chi connectivity index (χ4n) is 1.83. The van der Waals surface area contributed by atoms with E-state index in [9.17, 15) is 15.2 Å². The maximum Gasteiger partial charge on any atom is 0.270 e. The Labute approximate surface area is 116 Å². The zero-order chi connectivity index (χ0) is 14.5. The van der Waals surface area contributed by atoms with Gasteiger partial charge in [-0.1, -0.05) is 36.9 Å². The number of non-ortho nitro benzene ring substituents is 1. The molecule has 0 aromatic heterocycles. The van der Waals surface area contributed by atoms with Crippen LogP contribution in [0.2, 0.25) is 0 Å². The van der Waals surface area contributed by atoms with Crippen molar-refractivity contribution in [2.24, 2.45) is 4.99 Å². The van der Waals surface area contributed by atoms with Crippen LogP contribution in [0.5, 0.6) is 5.75 Å². The highest BCUT2D eigenvalue weighted by Gasteiger charge is 2.05. The number of nitro groups is 1. The minimum Gasteiger partial charge on any atom is -0.872 e. The van der Waals surface area contributed by atoms with Gasteiger partial charge in [-0.2, -0.15) is 0 Å². The number of hydrogen-bond donors (Lipinski definition) is 0. The Bertz CT molecular complexity index is 666. The maximum absolute atomic E-state index is 11.7. The third-order valence-corrected chi connectivity index (χ3v) is 2.92. The van der Waals surface area contributed by atoms with Crippen molar-refractivity contribution in [2.75, 3.05) is 0 Å². The van der Waals surface area contributed by atoms with Crippen molar-refractivity contribution in [1.82, 2.24) is 0 Å². The normalized spacial score (nSPS) is 10.8. The largest absolute Gasteiger partial charge is 0.872 e. The van der Waals surface area contributed by atoms with Gasteiger partial charge in [0.05, 0.1) is 10.6 Å². The molecule has 5 nitrogen and oxygen atoms in total. The molecule has 2 aromatic rings. The highest BCUT2D eigenvalue weighted by molar-refractivity contribution is 5.86. The summed E-state index contributed by atoms with van der Waals surface area (Å²) in [6, 6.07) is 11.2. The van der Waals surface area contributed by atoms with Gasteiger partial charge >= 0.3 is 0 Å². The molecule has 0 unspecified atom stereocenters. The summed E-state index contributed by atoms with van der Waals surface area (Å²) in [6.45, 7) is 2.01. The molecule has 20 heavy (non-hydrogen) atoms. The predicted octanol–water partition coefficient (Wildman–Crippen LogP) is 2.98. The first-order valence-corrected chi connectivity index (χ1v) is 6.19. The number of benzene rings is 2. The molecule has 0 spiro atoms. The van der Waals surface area contributed by atoms with Crippen molar-refractivity contribution in [3.8, 4) is 5.75 Å². The third-order valence-electron chi connectivity index (χ3n) is 2.92. The van der Waals surface area contributed by atoms with Crippen molar-refractivity contribution >= 4 is 17.6 Å². The Balaban J connectivity index is 2.36. The summed E-state index contributed by atoms with van der Waals surface area (Å²) in [5.41, 5.74) is 1.92. The molecule has 2 aromatic carbocycles. The molecule has 0 heterocycles. The minimum absolute atomic E-state index is 0.116. The summed E-state index contributed by atoms with van der Waals surface area (Å²) < 4.78 is 0. The van der Waals surface area contributed by atoms with Crippen LogP contribution in [0.3, 0.4) is 0 Å². The van der Waals surface area contributed by atoms with Gasteiger partial charge in [-0.05, 0) is 23.6 Å². The number of rotatable bonds is 4. The van der Waals surface area contributed by atoms with Gasteiger partial charge < -0.3 is 5.11 Å². The average Bonchev–Trinajstić information content (AvgIpc) is 2.46. The number of aliphatic imine (C=N–C) groups is 1. The highest BCUT2D eigenvalue weighted by Crippen LogP contribution is 2.22. The average molecular weight is 269 g/mol. The summed E-state index contributed by atoms with van der Waals surface area (Å²) >= 11 is 0. The minimum atomic E-state index is -0.531. The Morgan fingerprint density at radius 2 is 2.00 bits per heavy atom. The van der Waals surface area contributed by atoms with Gasteiger partial charge in [0.2, 0.25) is 0 Å². The van der Waals surface area contributed by atoms with Gasteiger partial charge in [-0.25, -0.2) is 0 Å². The quantitative estimate of drug-likeness (QED) is 0.486. The van der Waals surface area contributed by atoms with E-state index in [0.29, 0.717) is 0 Å². The Morgan fingerprint density at radius 3 is 2.70 bits per heavy atom. The molecule has 0 aliphatic rings. The molecule has 102 valence electrons. The fraction of sp³-hybridized carbons (Fsp3) is 0.133. The second-order valence-electron chi connectivity index (χ2n) is 4.22. The fourth-order valence-corrected chi connectivity index (χ4v) is 1.83. The van der Waals surface area contributed by atoms with E-state index in [1.807, 2.05) is 31.2 Å². The first-order valence-electron chi connectivity index (χ1n) is 6.19. The lowest BCUT2D eigenvalue weighted by Gasteiger charge is -2.09. The van der Waals surface area contributed by atoms with Crippen molar-refractivity contribution < 1.29 is 10.0 Å². The highest BCUT2D eigenvalue weighted by atomic mass is 16.6. The standard InChI is InChI=1S/C15H14N2O3/c1-2-11-5-3-4-6-14(11)16-10-12-9-13(17(19)20)7-8-15(12)18/h3-10,18H,2H2,1H3/p-1. The Morgan fingerprint density at radius 1 is 1.25 bits per heavy atom. The third kappa shape index (κ3) is 3.00. The van der Waals surface area contributed by atoms with Gasteiger partial charge in [-0.15, -0.1) is 0 Å². The van der Waals surface area contributed by atoms with E-state index < -0.39 is 4.92 Å². The molecule has 0 radical (unpaired) electrons. The molecular formula is C15H13N2O3-. The summed E-state index contributed by atoms with van der Waals surface area (Å²) in [5.74, 6) is -0.284. The molecular weight excluding hydrogens is 256 g/mol. The molecule has 2 rings (SSSR count). The van der Waals surface area contributed by atoms with E-state index in [0.717, 1.165) is 17.7 Å². The number of nitrogens with zero attached hydrogens (tertiary/aromatic N) is 2. The molecule has 5 heteroatoms. The number of aryl methyl sites for hydroxylation is 1. The topological polar surface area (TPSA) is 78.6 Å². The first-order chi connectivity index (χ1) is 9.61. The maximum atomic E-state index is 11.7. The number of nitro benzene ring substituents is 1. The van der Waals surface area contributed by atoms with Crippen LogP contribution in [-0.4, -0.2) is 11.1 Å². The number of para-hydroxylation sites is 1. The summed E-state index contributed by atoms with van der Waals surface area (Å²) in [6.07, 6.45) is 2.20. The van der Waals surface area contributed by atoms with Gasteiger partial charge in [0, 0.05) is 18.3 Å². The molecule has 0 amide bonds. The monoisotopic (exact) mass is 269 g/mol. The van der Waals surface area contributed by atoms with Crippen LogP contribution in [0.1, 0.15) is 18.1 Å². The molecule has 0 aliphatic heterocycles. The second kappa shape index (κ2) is 5.97. The molecule has 0 atom stereocenters. The Kier molecular flexibility index (Phi) is 4.10. The predicted molar refractivity (Wildman–Crippen MR) is 75.6 cm³/mol. The van der Waals surface area contributed by atoms with Crippen LogP contribution in [0.15, 0.2) is 47.5 Å². The second-order valence-corrected chi connectivity index (χ2v) is 4.22. The van der Waals surface area contributed by atoms with Crippen LogP contribution in [0.4, 0.5) is 11.4 Å². The van der Waals surface area contributed by atoms with Crippen LogP contribution in [-0.2, 0) is 6.42 Å². The molecule has 0 fully saturated rings. The Hall–Kier alpha value is -2.69. The molecule has 0 bridgehead atoms. The SMILES string of the molecule is CCc1ccccc1N=Cc1cc([N+](=O)[O-])ccc1[O-]. The van der Waals surface area contributed by atoms with Crippen molar-refractivity contribution in [2.45, 2.75) is 13.3 Å². The van der Waals surface area contributed by atoms with E-state index in [1.54, 1.807) is 0 Å². The number of hydrogen-bond acceptors (Lipinski definition) is 4. The van der Waals surface area contributed by atoms with Crippen LogP contribution < -0.4 is 5.11 Å². The van der Waals surface area contributed by atoms with Crippen LogP contribution >= 0.6 is 0 Å². The molecule has 0 saturated carbocycles. The molecule has 0 N–H and O–H groups in total. The van der Waals surface area contributed by atoms with E-state index in [1.165, 1.54) is 24.4 Å². The lowest BCUT2D eigenvalue weighted by Crippen LogP contribution is -1.98. The van der Waals surface area contributed by atoms with Crippen LogP contribution in [0, 0.1) is 10.1 Å². The van der Waals surface area contributed by atoms with E-state index >= 15 is 0 Å². The molecule has 0 saturated heterocycles. The zero-order valence-corrected chi connectivity index (χ0v) is 10.9. The van der Waals surface area contributed by atoms with E-state index in [4.69, 9.17) is 0 Å². The van der Waals surface area contributed by atoms with Crippen molar-refractivity contribution in [3.05, 3.63) is 63.7 Å². The van der Waals surface area contributed by atoms with Gasteiger partial charge in [0.1, 0.15) is 0 Å². The first kappa shape index (κ1) is 13.7. The van der Waals surface area contributed by atoms with Crippen molar-refractivity contribution in [3.63, 3.8) is 0 Å². The lowest BCUT2D eigenvalue weighted by molar-refractivity contribution is -0.385. The zero-order valence-electron chi connectivity index (χ0n) is 10.9. The van der Waals surface area contributed by atoms with Gasteiger partial charge in [0.25, 0.3) is 5.69 Å². The lowest BCUT2D eigenvalue weighted by atomic mass is 10.1. The summed E-state index contributed by atoms with van der Waals surface area (Å²) in [7, 11) is 0. The van der Waals surface area contributed by atoms with Crippen LogP contribution in [0.25, 0.3) is 0 Å². The molecule has 0 aliphatic carbocycles. The van der Waals surface area contributed by atoms with Crippen molar-refractivity contribution in [1.29, 1.82) is 0 Å². The van der Waals surface area contributed by atoms with E-state index in [-0.39, 0.29) is 17.0 Å². The smallest absolute Gasteiger partial charge is 0.270 e. The summed E-state index contributed by atoms with van der Waals surface area (Å²) in [4.78, 5) is 14.4.